The second-order valence-corrected chi connectivity index (χ2v) is 6.86. The van der Waals surface area contributed by atoms with E-state index in [4.69, 9.17) is 11.6 Å². The van der Waals surface area contributed by atoms with E-state index in [1.165, 1.54) is 10.6 Å². The van der Waals surface area contributed by atoms with E-state index in [1.54, 1.807) is 0 Å². The third kappa shape index (κ3) is 2.67. The Labute approximate surface area is 147 Å². The van der Waals surface area contributed by atoms with E-state index in [9.17, 15) is 14.7 Å². The Balaban J connectivity index is 2.05. The van der Waals surface area contributed by atoms with Gasteiger partial charge in [-0.3, -0.25) is 4.79 Å². The van der Waals surface area contributed by atoms with Gasteiger partial charge in [-0.15, -0.1) is 0 Å². The van der Waals surface area contributed by atoms with Gasteiger partial charge in [0.25, 0.3) is 0 Å². The van der Waals surface area contributed by atoms with E-state index in [1.807, 2.05) is 4.90 Å². The van der Waals surface area contributed by atoms with Gasteiger partial charge in [-0.2, -0.15) is 0 Å². The molecule has 4 rings (SSSR count). The highest BCUT2D eigenvalue weighted by atomic mass is 35.5. The van der Waals surface area contributed by atoms with Gasteiger partial charge in [-0.25, -0.2) is 9.18 Å². The molecule has 132 valence electrons. The molecule has 2 aliphatic rings. The molecule has 0 bridgehead atoms. The molecule has 0 amide bonds. The molecular weight excluding hydrogens is 349 g/mol. The van der Waals surface area contributed by atoms with Crippen LogP contribution in [-0.2, 0) is 0 Å². The Hall–Kier alpha value is -2.12. The van der Waals surface area contributed by atoms with Crippen molar-refractivity contribution in [2.24, 2.45) is 0 Å². The maximum Gasteiger partial charge on any atom is 0.352 e. The van der Waals surface area contributed by atoms with Crippen molar-refractivity contribution >= 4 is 34.2 Å². The lowest BCUT2D eigenvalue weighted by Gasteiger charge is -2.31. The number of aromatic nitrogens is 1. The maximum absolute atomic E-state index is 15.5. The first-order valence-corrected chi connectivity index (χ1v) is 8.63. The minimum atomic E-state index is -1.23. The molecule has 1 saturated carbocycles. The first-order valence-electron chi connectivity index (χ1n) is 8.25. The molecule has 1 aliphatic carbocycles. The van der Waals surface area contributed by atoms with E-state index >= 15 is 4.39 Å². The topological polar surface area (TPSA) is 74.6 Å². The van der Waals surface area contributed by atoms with Gasteiger partial charge in [0.05, 0.1) is 21.6 Å². The number of carbonyl (C=O) groups is 1. The number of nitrogens with one attached hydrogen (secondary N) is 1. The van der Waals surface area contributed by atoms with Crippen LogP contribution in [0.5, 0.6) is 0 Å². The lowest BCUT2D eigenvalue weighted by atomic mass is 10.1. The standard InChI is InChI=1S/C17H17ClFN3O3/c18-11-7-10-13(23)8-12(17(24)25)22(9-1-2-9)15(10)14(19)16(11)21-5-3-20-4-6-21/h7-9,20H,1-6H2,(H,24,25). The molecule has 2 heterocycles. The normalized spacial score (nSPS) is 17.9. The summed E-state index contributed by atoms with van der Waals surface area (Å²) in [5.41, 5.74) is -0.415. The zero-order valence-corrected chi connectivity index (χ0v) is 14.1. The van der Waals surface area contributed by atoms with Crippen LogP contribution in [-0.4, -0.2) is 41.8 Å². The SMILES string of the molecule is O=C(O)c1cc(=O)c2cc(Cl)c(N3CCNCC3)c(F)c2n1C1CC1. The molecule has 2 N–H and O–H groups in total. The van der Waals surface area contributed by atoms with Crippen LogP contribution in [0.4, 0.5) is 10.1 Å². The molecule has 1 aliphatic heterocycles. The molecule has 0 radical (unpaired) electrons. The molecule has 1 aromatic heterocycles. The van der Waals surface area contributed by atoms with E-state index < -0.39 is 17.2 Å². The number of fused-ring (bicyclic) bond motifs is 1. The van der Waals surface area contributed by atoms with Crippen molar-refractivity contribution in [2.75, 3.05) is 31.1 Å². The summed E-state index contributed by atoms with van der Waals surface area (Å²) >= 11 is 6.30. The fraction of sp³-hybridized carbons (Fsp3) is 0.412. The molecule has 2 aromatic rings. The number of nitrogens with zero attached hydrogens (tertiary/aromatic N) is 2. The fourth-order valence-electron chi connectivity index (χ4n) is 3.47. The molecule has 0 unspecified atom stereocenters. The summed E-state index contributed by atoms with van der Waals surface area (Å²) in [4.78, 5) is 25.8. The number of carboxylic acids is 1. The van der Waals surface area contributed by atoms with Crippen LogP contribution in [0.3, 0.4) is 0 Å². The first kappa shape index (κ1) is 16.4. The van der Waals surface area contributed by atoms with Gasteiger partial charge in [-0.05, 0) is 18.9 Å². The Bertz CT molecular complexity index is 933. The van der Waals surface area contributed by atoms with Crippen molar-refractivity contribution in [3.8, 4) is 0 Å². The van der Waals surface area contributed by atoms with Crippen molar-refractivity contribution in [1.29, 1.82) is 0 Å². The number of aromatic carboxylic acids is 1. The summed E-state index contributed by atoms with van der Waals surface area (Å²) in [5.74, 6) is -1.85. The number of piperazine rings is 1. The highest BCUT2D eigenvalue weighted by Crippen LogP contribution is 2.41. The van der Waals surface area contributed by atoms with Crippen molar-refractivity contribution in [3.63, 3.8) is 0 Å². The predicted octanol–water partition coefficient (Wildman–Crippen LogP) is 2.24. The van der Waals surface area contributed by atoms with Crippen LogP contribution in [0, 0.1) is 5.82 Å². The number of rotatable bonds is 3. The molecule has 1 aromatic carbocycles. The number of hydrogen-bond acceptors (Lipinski definition) is 4. The minimum absolute atomic E-state index is 0.0466. The Morgan fingerprint density at radius 2 is 1.96 bits per heavy atom. The molecule has 0 spiro atoms. The number of pyridine rings is 1. The monoisotopic (exact) mass is 365 g/mol. The van der Waals surface area contributed by atoms with Crippen LogP contribution in [0.15, 0.2) is 16.9 Å². The van der Waals surface area contributed by atoms with Crippen LogP contribution < -0.4 is 15.6 Å². The average molecular weight is 366 g/mol. The Kier molecular flexibility index (Phi) is 3.92. The molecule has 6 nitrogen and oxygen atoms in total. The second kappa shape index (κ2) is 6.00. The summed E-state index contributed by atoms with van der Waals surface area (Å²) < 4.78 is 16.9. The smallest absolute Gasteiger partial charge is 0.352 e. The van der Waals surface area contributed by atoms with Crippen molar-refractivity contribution < 1.29 is 14.3 Å². The lowest BCUT2D eigenvalue weighted by molar-refractivity contribution is 0.0684. The number of halogens is 2. The molecule has 25 heavy (non-hydrogen) atoms. The molecular formula is C17H17ClFN3O3. The number of benzene rings is 1. The Morgan fingerprint density at radius 1 is 1.28 bits per heavy atom. The zero-order chi connectivity index (χ0) is 17.7. The Morgan fingerprint density at radius 3 is 2.56 bits per heavy atom. The second-order valence-electron chi connectivity index (χ2n) is 6.45. The summed E-state index contributed by atoms with van der Waals surface area (Å²) in [6, 6.07) is 2.42. The van der Waals surface area contributed by atoms with Crippen LogP contribution >= 0.6 is 11.6 Å². The number of hydrogen-bond donors (Lipinski definition) is 2. The average Bonchev–Trinajstić information content (AvgIpc) is 3.41. The summed E-state index contributed by atoms with van der Waals surface area (Å²) in [7, 11) is 0. The third-order valence-corrected chi connectivity index (χ3v) is 5.05. The quantitative estimate of drug-likeness (QED) is 0.872. The van der Waals surface area contributed by atoms with E-state index in [-0.39, 0.29) is 33.3 Å². The zero-order valence-electron chi connectivity index (χ0n) is 13.4. The molecule has 8 heteroatoms. The number of anilines is 1. The van der Waals surface area contributed by atoms with Crippen molar-refractivity contribution in [1.82, 2.24) is 9.88 Å². The van der Waals surface area contributed by atoms with Crippen LogP contribution in [0.25, 0.3) is 10.9 Å². The first-order chi connectivity index (χ1) is 12.0. The lowest BCUT2D eigenvalue weighted by Crippen LogP contribution is -2.44. The van der Waals surface area contributed by atoms with E-state index in [0.29, 0.717) is 26.2 Å². The van der Waals surface area contributed by atoms with E-state index in [0.717, 1.165) is 18.9 Å². The molecule has 0 atom stereocenters. The highest BCUT2D eigenvalue weighted by molar-refractivity contribution is 6.34. The summed E-state index contributed by atoms with van der Waals surface area (Å²) in [6.07, 6.45) is 1.53. The van der Waals surface area contributed by atoms with Gasteiger partial charge in [-0.1, -0.05) is 11.6 Å². The van der Waals surface area contributed by atoms with Crippen molar-refractivity contribution in [2.45, 2.75) is 18.9 Å². The van der Waals surface area contributed by atoms with Gasteiger partial charge in [0.2, 0.25) is 0 Å². The van der Waals surface area contributed by atoms with Gasteiger partial charge in [0.1, 0.15) is 5.69 Å². The summed E-state index contributed by atoms with van der Waals surface area (Å²) in [5, 5.41) is 13.0. The van der Waals surface area contributed by atoms with Crippen LogP contribution in [0.1, 0.15) is 29.4 Å². The predicted molar refractivity (Wildman–Crippen MR) is 93.5 cm³/mol. The maximum atomic E-state index is 15.5. The van der Waals surface area contributed by atoms with Crippen molar-refractivity contribution in [3.05, 3.63) is 38.9 Å². The highest BCUT2D eigenvalue weighted by Gasteiger charge is 2.32. The summed E-state index contributed by atoms with van der Waals surface area (Å²) in [6.45, 7) is 2.60. The van der Waals surface area contributed by atoms with Crippen LogP contribution in [0.2, 0.25) is 5.02 Å². The molecule has 2 fully saturated rings. The van der Waals surface area contributed by atoms with Gasteiger partial charge < -0.3 is 19.9 Å². The van der Waals surface area contributed by atoms with Gasteiger partial charge in [0.15, 0.2) is 11.2 Å². The van der Waals surface area contributed by atoms with E-state index in [2.05, 4.69) is 5.32 Å². The van der Waals surface area contributed by atoms with Gasteiger partial charge >= 0.3 is 5.97 Å². The fourth-order valence-corrected chi connectivity index (χ4v) is 3.78. The van der Waals surface area contributed by atoms with Gasteiger partial charge in [0, 0.05) is 38.3 Å². The molecule has 1 saturated heterocycles. The number of carboxylic acid groups (broad SMARTS) is 1. The minimum Gasteiger partial charge on any atom is -0.477 e. The third-order valence-electron chi connectivity index (χ3n) is 4.77. The largest absolute Gasteiger partial charge is 0.477 e.